The maximum absolute atomic E-state index is 6.70. The highest BCUT2D eigenvalue weighted by molar-refractivity contribution is 5.82. The summed E-state index contributed by atoms with van der Waals surface area (Å²) in [6.45, 7) is 3.44. The van der Waals surface area contributed by atoms with Crippen LogP contribution in [-0.4, -0.2) is 12.1 Å². The number of hydrogen-bond donors (Lipinski definition) is 1. The predicted octanol–water partition coefficient (Wildman–Crippen LogP) is 7.05. The first kappa shape index (κ1) is 22.3. The maximum Gasteiger partial charge on any atom is 0.120 e. The van der Waals surface area contributed by atoms with Gasteiger partial charge in [0.05, 0.1) is 18.2 Å². The zero-order valence-electron chi connectivity index (χ0n) is 20.4. The number of fused-ring (bicyclic) bond motifs is 3. The number of rotatable bonds is 7. The fourth-order valence-electron chi connectivity index (χ4n) is 6.08. The van der Waals surface area contributed by atoms with Gasteiger partial charge in [-0.05, 0) is 83.8 Å². The first-order valence-corrected chi connectivity index (χ1v) is 12.8. The summed E-state index contributed by atoms with van der Waals surface area (Å²) in [5.74, 6) is 0.922. The Labute approximate surface area is 208 Å². The van der Waals surface area contributed by atoms with Crippen molar-refractivity contribution in [1.82, 2.24) is 5.32 Å². The van der Waals surface area contributed by atoms with E-state index in [1.54, 1.807) is 0 Å². The van der Waals surface area contributed by atoms with E-state index in [1.807, 2.05) is 6.07 Å². The lowest BCUT2D eigenvalue weighted by molar-refractivity contribution is -0.0418. The van der Waals surface area contributed by atoms with Crippen molar-refractivity contribution in [3.8, 4) is 5.75 Å². The van der Waals surface area contributed by atoms with E-state index < -0.39 is 0 Å². The van der Waals surface area contributed by atoms with Gasteiger partial charge in [-0.25, -0.2) is 0 Å². The molecule has 4 aromatic carbocycles. The van der Waals surface area contributed by atoms with Gasteiger partial charge in [0.25, 0.3) is 0 Å². The van der Waals surface area contributed by atoms with Crippen molar-refractivity contribution in [2.75, 3.05) is 0 Å². The Hall–Kier alpha value is -3.14. The fourth-order valence-corrected chi connectivity index (χ4v) is 6.08. The molecule has 0 aromatic heterocycles. The third kappa shape index (κ3) is 4.47. The van der Waals surface area contributed by atoms with Gasteiger partial charge in [0, 0.05) is 6.04 Å². The van der Waals surface area contributed by atoms with Crippen LogP contribution in [0.4, 0.5) is 0 Å². The Balaban J connectivity index is 1.21. The van der Waals surface area contributed by atoms with Gasteiger partial charge in [-0.3, -0.25) is 0 Å². The molecule has 2 fully saturated rings. The van der Waals surface area contributed by atoms with Crippen molar-refractivity contribution in [2.45, 2.75) is 63.5 Å². The van der Waals surface area contributed by atoms with E-state index in [9.17, 15) is 0 Å². The van der Waals surface area contributed by atoms with E-state index in [0.29, 0.717) is 19.3 Å². The molecule has 2 aliphatic heterocycles. The van der Waals surface area contributed by atoms with Crippen LogP contribution < -0.4 is 10.1 Å². The van der Waals surface area contributed by atoms with Crippen molar-refractivity contribution in [2.24, 2.45) is 0 Å². The van der Waals surface area contributed by atoms with Gasteiger partial charge in [-0.15, -0.1) is 0 Å². The minimum Gasteiger partial charge on any atom is -0.489 e. The first-order valence-electron chi connectivity index (χ1n) is 12.8. The summed E-state index contributed by atoms with van der Waals surface area (Å²) in [4.78, 5) is 0. The van der Waals surface area contributed by atoms with Crippen LogP contribution >= 0.6 is 0 Å². The molecule has 4 aromatic rings. The smallest absolute Gasteiger partial charge is 0.120 e. The molecule has 2 bridgehead atoms. The van der Waals surface area contributed by atoms with Crippen molar-refractivity contribution in [1.29, 1.82) is 0 Å². The monoisotopic (exact) mass is 463 g/mol. The van der Waals surface area contributed by atoms with Crippen molar-refractivity contribution in [3.05, 3.63) is 113 Å². The Morgan fingerprint density at radius 2 is 1.60 bits per heavy atom. The van der Waals surface area contributed by atoms with Crippen LogP contribution in [0.1, 0.15) is 47.9 Å². The molecule has 6 rings (SSSR count). The molecule has 0 amide bonds. The predicted molar refractivity (Wildman–Crippen MR) is 142 cm³/mol. The molecule has 2 heterocycles. The standard InChI is InChI=1S/C32H33NO2/c1-23-19-29(34-21-24-7-3-2-4-8-24)14-15-30(23)32-18-17-28(33-32)13-16-31(32)35-22-25-11-12-26-9-5-6-10-27(26)20-25/h2-12,14-15,19-20,28,31,33H,13,16-18,21-22H2,1H3. The second kappa shape index (κ2) is 9.49. The zero-order valence-corrected chi connectivity index (χ0v) is 20.4. The molecule has 3 unspecified atom stereocenters. The van der Waals surface area contributed by atoms with Gasteiger partial charge >= 0.3 is 0 Å². The van der Waals surface area contributed by atoms with E-state index in [-0.39, 0.29) is 11.6 Å². The normalized spacial score (nSPS) is 23.5. The van der Waals surface area contributed by atoms with Crippen molar-refractivity contribution >= 4 is 10.8 Å². The van der Waals surface area contributed by atoms with Crippen LogP contribution in [0, 0.1) is 6.92 Å². The summed E-state index contributed by atoms with van der Waals surface area (Å²) < 4.78 is 12.8. The Bertz CT molecular complexity index is 1320. The molecule has 0 aliphatic carbocycles. The number of piperidine rings is 1. The molecule has 178 valence electrons. The number of aryl methyl sites for hydroxylation is 1. The third-order valence-electron chi connectivity index (χ3n) is 7.87. The van der Waals surface area contributed by atoms with Crippen LogP contribution in [-0.2, 0) is 23.5 Å². The third-order valence-corrected chi connectivity index (χ3v) is 7.87. The number of ether oxygens (including phenoxy) is 2. The van der Waals surface area contributed by atoms with Crippen LogP contribution in [0.3, 0.4) is 0 Å². The summed E-state index contributed by atoms with van der Waals surface area (Å²) in [7, 11) is 0. The lowest BCUT2D eigenvalue weighted by Gasteiger charge is -2.43. The molecule has 3 nitrogen and oxygen atoms in total. The lowest BCUT2D eigenvalue weighted by atomic mass is 9.78. The molecule has 0 spiro atoms. The topological polar surface area (TPSA) is 30.5 Å². The van der Waals surface area contributed by atoms with Crippen LogP contribution in [0.5, 0.6) is 5.75 Å². The molecule has 1 N–H and O–H groups in total. The van der Waals surface area contributed by atoms with E-state index in [4.69, 9.17) is 9.47 Å². The van der Waals surface area contributed by atoms with E-state index in [2.05, 4.69) is 97.2 Å². The molecular formula is C32H33NO2. The molecule has 3 atom stereocenters. The molecular weight excluding hydrogens is 430 g/mol. The van der Waals surface area contributed by atoms with Crippen LogP contribution in [0.25, 0.3) is 10.8 Å². The first-order chi connectivity index (χ1) is 17.2. The summed E-state index contributed by atoms with van der Waals surface area (Å²) in [5.41, 5.74) is 4.92. The molecule has 0 saturated carbocycles. The van der Waals surface area contributed by atoms with Gasteiger partial charge < -0.3 is 14.8 Å². The highest BCUT2D eigenvalue weighted by Crippen LogP contribution is 2.46. The molecule has 2 saturated heterocycles. The minimum absolute atomic E-state index is 0.123. The van der Waals surface area contributed by atoms with E-state index >= 15 is 0 Å². The summed E-state index contributed by atoms with van der Waals surface area (Å²) >= 11 is 0. The molecule has 3 heteroatoms. The van der Waals surface area contributed by atoms with Gasteiger partial charge in [0.15, 0.2) is 0 Å². The second-order valence-electron chi connectivity index (χ2n) is 10.2. The Morgan fingerprint density at radius 3 is 2.46 bits per heavy atom. The Morgan fingerprint density at radius 1 is 0.771 bits per heavy atom. The SMILES string of the molecule is Cc1cc(OCc2ccccc2)ccc1C12CCC(CCC1OCc1ccc3ccccc3c1)N2. The lowest BCUT2D eigenvalue weighted by Crippen LogP contribution is -2.54. The average molecular weight is 464 g/mol. The summed E-state index contributed by atoms with van der Waals surface area (Å²) in [5, 5.41) is 6.53. The highest BCUT2D eigenvalue weighted by atomic mass is 16.5. The van der Waals surface area contributed by atoms with Gasteiger partial charge in [0.2, 0.25) is 0 Å². The fraction of sp³-hybridized carbons (Fsp3) is 0.312. The van der Waals surface area contributed by atoms with Gasteiger partial charge in [-0.2, -0.15) is 0 Å². The average Bonchev–Trinajstić information content (AvgIpc) is 3.25. The number of benzene rings is 4. The highest BCUT2D eigenvalue weighted by Gasteiger charge is 2.50. The summed E-state index contributed by atoms with van der Waals surface area (Å²) in [6.07, 6.45) is 4.76. The maximum atomic E-state index is 6.70. The molecule has 35 heavy (non-hydrogen) atoms. The van der Waals surface area contributed by atoms with E-state index in [0.717, 1.165) is 18.6 Å². The minimum atomic E-state index is -0.123. The molecule has 2 aliphatic rings. The number of nitrogens with one attached hydrogen (secondary N) is 1. The van der Waals surface area contributed by atoms with E-state index in [1.165, 1.54) is 45.9 Å². The van der Waals surface area contributed by atoms with Crippen LogP contribution in [0.15, 0.2) is 91.0 Å². The Kier molecular flexibility index (Phi) is 6.05. The van der Waals surface area contributed by atoms with Crippen molar-refractivity contribution < 1.29 is 9.47 Å². The number of hydrogen-bond acceptors (Lipinski definition) is 3. The summed E-state index contributed by atoms with van der Waals surface area (Å²) in [6, 6.07) is 32.7. The quantitative estimate of drug-likeness (QED) is 0.318. The van der Waals surface area contributed by atoms with Crippen LogP contribution in [0.2, 0.25) is 0 Å². The molecule has 0 radical (unpaired) electrons. The zero-order chi connectivity index (χ0) is 23.7. The second-order valence-corrected chi connectivity index (χ2v) is 10.2. The van der Waals surface area contributed by atoms with Gasteiger partial charge in [-0.1, -0.05) is 72.8 Å². The largest absolute Gasteiger partial charge is 0.489 e. The van der Waals surface area contributed by atoms with Crippen molar-refractivity contribution in [3.63, 3.8) is 0 Å². The van der Waals surface area contributed by atoms with Gasteiger partial charge in [0.1, 0.15) is 12.4 Å².